The summed E-state index contributed by atoms with van der Waals surface area (Å²) in [5.74, 6) is -0.544. The van der Waals surface area contributed by atoms with E-state index in [2.05, 4.69) is 10.3 Å². The molecule has 170 valence electrons. The number of carbonyl (C=O) groups excluding carboxylic acids is 1. The van der Waals surface area contributed by atoms with Crippen LogP contribution in [0, 0.1) is 12.7 Å². The molecule has 0 aliphatic rings. The number of carbonyl (C=O) groups is 1. The van der Waals surface area contributed by atoms with Crippen molar-refractivity contribution in [2.24, 2.45) is 14.1 Å². The van der Waals surface area contributed by atoms with Crippen molar-refractivity contribution in [3.63, 3.8) is 0 Å². The number of benzene rings is 2. The molecule has 0 spiro atoms. The molecule has 0 unspecified atom stereocenters. The number of anilines is 1. The fourth-order valence-corrected chi connectivity index (χ4v) is 4.30. The van der Waals surface area contributed by atoms with Crippen LogP contribution in [0.2, 0.25) is 0 Å². The lowest BCUT2D eigenvalue weighted by Gasteiger charge is -2.10. The van der Waals surface area contributed by atoms with Gasteiger partial charge in [0.05, 0.1) is 12.3 Å². The van der Waals surface area contributed by atoms with E-state index in [9.17, 15) is 18.8 Å². The molecule has 1 N–H and O–H groups in total. The van der Waals surface area contributed by atoms with E-state index < -0.39 is 11.2 Å². The SMILES string of the molecule is Cc1cccc(NC(=O)CSc2nc3c(c(=O)n(C)c(=O)n3C)n2Cc2ccc(F)cc2)c1. The number of fused-ring (bicyclic) bond motifs is 1. The molecule has 1 amide bonds. The van der Waals surface area contributed by atoms with E-state index in [-0.39, 0.29) is 35.2 Å². The van der Waals surface area contributed by atoms with Gasteiger partial charge in [0, 0.05) is 19.8 Å². The van der Waals surface area contributed by atoms with Crippen molar-refractivity contribution in [3.8, 4) is 0 Å². The van der Waals surface area contributed by atoms with Crippen molar-refractivity contribution < 1.29 is 9.18 Å². The standard InChI is InChI=1S/C23H22FN5O3S/c1-14-5-4-6-17(11-14)25-18(30)13-33-22-26-20-19(21(31)28(3)23(32)27(20)2)29(22)12-15-7-9-16(24)10-8-15/h4-11H,12-13H2,1-3H3,(H,25,30). The van der Waals surface area contributed by atoms with E-state index in [1.54, 1.807) is 22.8 Å². The molecule has 4 rings (SSSR count). The minimum Gasteiger partial charge on any atom is -0.325 e. The van der Waals surface area contributed by atoms with E-state index in [1.165, 1.54) is 30.8 Å². The lowest BCUT2D eigenvalue weighted by atomic mass is 10.2. The predicted molar refractivity (Wildman–Crippen MR) is 126 cm³/mol. The summed E-state index contributed by atoms with van der Waals surface area (Å²) >= 11 is 1.16. The maximum absolute atomic E-state index is 13.4. The smallest absolute Gasteiger partial charge is 0.325 e. The minimum atomic E-state index is -0.493. The molecule has 0 aliphatic heterocycles. The molecule has 2 aromatic heterocycles. The van der Waals surface area contributed by atoms with Gasteiger partial charge in [-0.3, -0.25) is 18.7 Å². The van der Waals surface area contributed by atoms with Crippen molar-refractivity contribution in [1.29, 1.82) is 0 Å². The molecular formula is C23H22FN5O3S. The van der Waals surface area contributed by atoms with E-state index >= 15 is 0 Å². The van der Waals surface area contributed by atoms with Crippen LogP contribution in [0.1, 0.15) is 11.1 Å². The Bertz CT molecular complexity index is 1470. The second-order valence-electron chi connectivity index (χ2n) is 7.69. The van der Waals surface area contributed by atoms with Gasteiger partial charge in [-0.15, -0.1) is 0 Å². The topological polar surface area (TPSA) is 90.9 Å². The summed E-state index contributed by atoms with van der Waals surface area (Å²) in [6, 6.07) is 13.4. The summed E-state index contributed by atoms with van der Waals surface area (Å²) < 4.78 is 17.3. The lowest BCUT2D eigenvalue weighted by Crippen LogP contribution is -2.37. The number of imidazole rings is 1. The molecule has 2 aromatic carbocycles. The second kappa shape index (κ2) is 9.07. The van der Waals surface area contributed by atoms with E-state index in [0.29, 0.717) is 10.8 Å². The normalized spacial score (nSPS) is 11.2. The molecular weight excluding hydrogens is 445 g/mol. The Morgan fingerprint density at radius 3 is 2.52 bits per heavy atom. The first-order valence-electron chi connectivity index (χ1n) is 10.1. The van der Waals surface area contributed by atoms with Gasteiger partial charge in [-0.2, -0.15) is 0 Å². The fraction of sp³-hybridized carbons (Fsp3) is 0.217. The molecule has 4 aromatic rings. The average molecular weight is 468 g/mol. The highest BCUT2D eigenvalue weighted by Crippen LogP contribution is 2.23. The predicted octanol–water partition coefficient (Wildman–Crippen LogP) is 2.66. The van der Waals surface area contributed by atoms with Crippen LogP contribution < -0.4 is 16.6 Å². The van der Waals surface area contributed by atoms with Gasteiger partial charge in [0.15, 0.2) is 16.3 Å². The van der Waals surface area contributed by atoms with Crippen molar-refractivity contribution >= 4 is 34.5 Å². The van der Waals surface area contributed by atoms with Gasteiger partial charge in [0.2, 0.25) is 5.91 Å². The molecule has 0 fully saturated rings. The Balaban J connectivity index is 1.70. The van der Waals surface area contributed by atoms with Crippen LogP contribution in [0.3, 0.4) is 0 Å². The highest BCUT2D eigenvalue weighted by molar-refractivity contribution is 7.99. The van der Waals surface area contributed by atoms with Crippen LogP contribution in [-0.2, 0) is 25.4 Å². The van der Waals surface area contributed by atoms with Crippen LogP contribution in [0.4, 0.5) is 10.1 Å². The third-order valence-corrected chi connectivity index (χ3v) is 6.18. The van der Waals surface area contributed by atoms with Crippen LogP contribution in [0.25, 0.3) is 11.2 Å². The molecule has 8 nitrogen and oxygen atoms in total. The summed E-state index contributed by atoms with van der Waals surface area (Å²) in [7, 11) is 2.94. The van der Waals surface area contributed by atoms with E-state index in [0.717, 1.165) is 27.5 Å². The number of hydrogen-bond acceptors (Lipinski definition) is 5. The van der Waals surface area contributed by atoms with Gasteiger partial charge in [-0.1, -0.05) is 36.0 Å². The van der Waals surface area contributed by atoms with Crippen molar-refractivity contribution in [2.45, 2.75) is 18.6 Å². The molecule has 0 atom stereocenters. The maximum Gasteiger partial charge on any atom is 0.332 e. The van der Waals surface area contributed by atoms with E-state index in [4.69, 9.17) is 0 Å². The van der Waals surface area contributed by atoms with Crippen molar-refractivity contribution in [3.05, 3.63) is 86.3 Å². The van der Waals surface area contributed by atoms with Gasteiger partial charge in [0.1, 0.15) is 5.82 Å². The highest BCUT2D eigenvalue weighted by atomic mass is 32.2. The van der Waals surface area contributed by atoms with Crippen molar-refractivity contribution in [1.82, 2.24) is 18.7 Å². The molecule has 2 heterocycles. The van der Waals surface area contributed by atoms with Gasteiger partial charge in [-0.25, -0.2) is 14.2 Å². The molecule has 10 heteroatoms. The van der Waals surface area contributed by atoms with Gasteiger partial charge in [0.25, 0.3) is 5.56 Å². The Labute approximate surface area is 192 Å². The molecule has 33 heavy (non-hydrogen) atoms. The zero-order chi connectivity index (χ0) is 23.7. The van der Waals surface area contributed by atoms with Gasteiger partial charge >= 0.3 is 5.69 Å². The van der Waals surface area contributed by atoms with Gasteiger partial charge < -0.3 is 9.88 Å². The number of amides is 1. The number of nitrogens with one attached hydrogen (secondary N) is 1. The number of aromatic nitrogens is 4. The Kier molecular flexibility index (Phi) is 6.19. The van der Waals surface area contributed by atoms with Crippen molar-refractivity contribution in [2.75, 3.05) is 11.1 Å². The lowest BCUT2D eigenvalue weighted by molar-refractivity contribution is -0.113. The van der Waals surface area contributed by atoms with Crippen LogP contribution in [0.15, 0.2) is 63.3 Å². The molecule has 0 saturated carbocycles. The average Bonchev–Trinajstić information content (AvgIpc) is 3.14. The molecule has 0 radical (unpaired) electrons. The number of rotatable bonds is 6. The summed E-state index contributed by atoms with van der Waals surface area (Å²) in [6.45, 7) is 2.17. The molecule has 0 bridgehead atoms. The Morgan fingerprint density at radius 2 is 1.82 bits per heavy atom. The largest absolute Gasteiger partial charge is 0.332 e. The number of aryl methyl sites for hydroxylation is 2. The Hall–Kier alpha value is -3.66. The summed E-state index contributed by atoms with van der Waals surface area (Å²) in [6.07, 6.45) is 0. The number of nitrogens with zero attached hydrogens (tertiary/aromatic N) is 4. The minimum absolute atomic E-state index is 0.0505. The summed E-state index contributed by atoms with van der Waals surface area (Å²) in [5.41, 5.74) is 1.96. The number of thioether (sulfide) groups is 1. The van der Waals surface area contributed by atoms with E-state index in [1.807, 2.05) is 25.1 Å². The zero-order valence-corrected chi connectivity index (χ0v) is 19.1. The first kappa shape index (κ1) is 22.5. The van der Waals surface area contributed by atoms with Gasteiger partial charge in [-0.05, 0) is 42.3 Å². The zero-order valence-electron chi connectivity index (χ0n) is 18.3. The quantitative estimate of drug-likeness (QED) is 0.441. The third-order valence-electron chi connectivity index (χ3n) is 5.20. The number of halogens is 1. The van der Waals surface area contributed by atoms with Crippen LogP contribution in [0.5, 0.6) is 0 Å². The summed E-state index contributed by atoms with van der Waals surface area (Å²) in [5, 5.41) is 3.25. The molecule has 0 aliphatic carbocycles. The fourth-order valence-electron chi connectivity index (χ4n) is 3.51. The van der Waals surface area contributed by atoms with Crippen LogP contribution >= 0.6 is 11.8 Å². The highest BCUT2D eigenvalue weighted by Gasteiger charge is 2.20. The second-order valence-corrected chi connectivity index (χ2v) is 8.63. The Morgan fingerprint density at radius 1 is 1.09 bits per heavy atom. The molecule has 0 saturated heterocycles. The summed E-state index contributed by atoms with van der Waals surface area (Å²) in [4.78, 5) is 42.3. The monoisotopic (exact) mass is 467 g/mol. The first-order valence-corrected chi connectivity index (χ1v) is 11.1. The first-order chi connectivity index (χ1) is 15.7. The third kappa shape index (κ3) is 4.61. The number of hydrogen-bond donors (Lipinski definition) is 1. The van der Waals surface area contributed by atoms with Crippen LogP contribution in [-0.4, -0.2) is 30.3 Å². The maximum atomic E-state index is 13.4.